The normalized spacial score (nSPS) is 17.5. The second kappa shape index (κ2) is 7.14. The minimum absolute atomic E-state index is 0.101. The minimum atomic E-state index is 0.101. The van der Waals surface area contributed by atoms with Gasteiger partial charge in [0, 0.05) is 63.4 Å². The van der Waals surface area contributed by atoms with Crippen molar-refractivity contribution in [3.8, 4) is 0 Å². The molecule has 1 amide bonds. The molecule has 7 heteroatoms. The van der Waals surface area contributed by atoms with Crippen LogP contribution >= 0.6 is 0 Å². The van der Waals surface area contributed by atoms with Gasteiger partial charge in [0.2, 0.25) is 5.95 Å². The van der Waals surface area contributed by atoms with Crippen molar-refractivity contribution in [3.63, 3.8) is 0 Å². The molecule has 0 saturated carbocycles. The lowest BCUT2D eigenvalue weighted by Crippen LogP contribution is -2.49. The van der Waals surface area contributed by atoms with E-state index in [1.807, 2.05) is 58.2 Å². The molecular formula is C21H24N6O. The van der Waals surface area contributed by atoms with Crippen molar-refractivity contribution in [1.29, 1.82) is 0 Å². The highest BCUT2D eigenvalue weighted by Gasteiger charge is 2.24. The first-order chi connectivity index (χ1) is 13.8. The number of rotatable bonds is 3. The number of hydrogen-bond donors (Lipinski definition) is 0. The van der Waals surface area contributed by atoms with Gasteiger partial charge in [-0.1, -0.05) is 6.07 Å². The summed E-state index contributed by atoms with van der Waals surface area (Å²) in [6, 6.07) is 9.90. The van der Waals surface area contributed by atoms with Crippen LogP contribution < -0.4 is 9.80 Å². The molecule has 2 aliphatic heterocycles. The Morgan fingerprint density at radius 3 is 2.54 bits per heavy atom. The zero-order valence-electron chi connectivity index (χ0n) is 15.9. The lowest BCUT2D eigenvalue weighted by atomic mass is 10.2. The van der Waals surface area contributed by atoms with E-state index < -0.39 is 0 Å². The van der Waals surface area contributed by atoms with Gasteiger partial charge in [-0.25, -0.2) is 4.98 Å². The lowest BCUT2D eigenvalue weighted by Gasteiger charge is -2.35. The van der Waals surface area contributed by atoms with Crippen LogP contribution in [0.2, 0.25) is 0 Å². The number of piperazine rings is 1. The van der Waals surface area contributed by atoms with E-state index in [0.717, 1.165) is 49.0 Å². The number of carbonyl (C=O) groups excluding carboxylic acids is 1. The van der Waals surface area contributed by atoms with Crippen molar-refractivity contribution in [2.24, 2.45) is 0 Å². The molecule has 2 saturated heterocycles. The number of carbonyl (C=O) groups is 1. The zero-order chi connectivity index (χ0) is 18.9. The smallest absolute Gasteiger partial charge is 0.255 e. The molecule has 144 valence electrons. The summed E-state index contributed by atoms with van der Waals surface area (Å²) in [6.45, 7) is 5.06. The van der Waals surface area contributed by atoms with E-state index >= 15 is 0 Å². The first kappa shape index (κ1) is 17.0. The van der Waals surface area contributed by atoms with Gasteiger partial charge in [0.15, 0.2) is 0 Å². The topological polar surface area (TPSA) is 57.0 Å². The monoisotopic (exact) mass is 376 g/mol. The fourth-order valence-corrected chi connectivity index (χ4v) is 4.08. The van der Waals surface area contributed by atoms with Crippen molar-refractivity contribution < 1.29 is 4.79 Å². The maximum Gasteiger partial charge on any atom is 0.255 e. The molecule has 5 rings (SSSR count). The largest absolute Gasteiger partial charge is 0.353 e. The van der Waals surface area contributed by atoms with Crippen LogP contribution in [0.1, 0.15) is 23.2 Å². The van der Waals surface area contributed by atoms with E-state index in [0.29, 0.717) is 13.1 Å². The van der Waals surface area contributed by atoms with Gasteiger partial charge in [-0.15, -0.1) is 0 Å². The summed E-state index contributed by atoms with van der Waals surface area (Å²) >= 11 is 0. The first-order valence-corrected chi connectivity index (χ1v) is 9.97. The quantitative estimate of drug-likeness (QED) is 0.702. The Morgan fingerprint density at radius 2 is 1.75 bits per heavy atom. The van der Waals surface area contributed by atoms with Crippen molar-refractivity contribution in [2.45, 2.75) is 12.8 Å². The van der Waals surface area contributed by atoms with E-state index in [1.54, 1.807) is 0 Å². The molecular weight excluding hydrogens is 352 g/mol. The van der Waals surface area contributed by atoms with Crippen molar-refractivity contribution in [1.82, 2.24) is 19.3 Å². The van der Waals surface area contributed by atoms with Crippen molar-refractivity contribution >= 4 is 23.2 Å². The van der Waals surface area contributed by atoms with E-state index in [9.17, 15) is 4.79 Å². The third-order valence-corrected chi connectivity index (χ3v) is 5.66. The van der Waals surface area contributed by atoms with E-state index in [1.165, 1.54) is 12.8 Å². The predicted octanol–water partition coefficient (Wildman–Crippen LogP) is 2.29. The molecule has 0 aromatic carbocycles. The van der Waals surface area contributed by atoms with Crippen LogP contribution in [0, 0.1) is 0 Å². The fourth-order valence-electron chi connectivity index (χ4n) is 4.08. The van der Waals surface area contributed by atoms with E-state index in [2.05, 4.69) is 14.8 Å². The van der Waals surface area contributed by atoms with Crippen LogP contribution in [0.3, 0.4) is 0 Å². The van der Waals surface area contributed by atoms with Gasteiger partial charge in [0.1, 0.15) is 5.82 Å². The molecule has 3 aromatic rings. The van der Waals surface area contributed by atoms with Crippen molar-refractivity contribution in [3.05, 3.63) is 54.5 Å². The summed E-state index contributed by atoms with van der Waals surface area (Å²) in [4.78, 5) is 28.6. The van der Waals surface area contributed by atoms with Crippen LogP contribution in [0.15, 0.2) is 48.9 Å². The molecule has 5 heterocycles. The van der Waals surface area contributed by atoms with Gasteiger partial charge in [-0.2, -0.15) is 4.98 Å². The second-order valence-corrected chi connectivity index (χ2v) is 7.45. The zero-order valence-corrected chi connectivity index (χ0v) is 15.9. The number of amides is 1. The number of hydrogen-bond acceptors (Lipinski definition) is 5. The standard InChI is InChI=1S/C21H24N6O/c28-20(17-15-18-5-1-2-10-27(18)16-17)25-13-11-24(12-14-25)19-6-7-22-21(23-19)26-8-3-4-9-26/h1-2,5-7,10,15-16H,3-4,8-9,11-14H2. The van der Waals surface area contributed by atoms with Crippen molar-refractivity contribution in [2.75, 3.05) is 49.1 Å². The van der Waals surface area contributed by atoms with Gasteiger partial charge in [-0.05, 0) is 37.1 Å². The maximum atomic E-state index is 12.9. The Kier molecular flexibility index (Phi) is 4.35. The SMILES string of the molecule is O=C(c1cc2ccccn2c1)N1CCN(c2ccnc(N3CCCC3)n2)CC1. The molecule has 0 bridgehead atoms. The Morgan fingerprint density at radius 1 is 0.929 bits per heavy atom. The van der Waals surface area contributed by atoms with Crippen LogP contribution in [-0.2, 0) is 0 Å². The molecule has 0 radical (unpaired) electrons. The number of aromatic nitrogens is 3. The van der Waals surface area contributed by atoms with Gasteiger partial charge in [0.25, 0.3) is 5.91 Å². The van der Waals surface area contributed by atoms with Crippen LogP contribution in [0.4, 0.5) is 11.8 Å². The second-order valence-electron chi connectivity index (χ2n) is 7.45. The van der Waals surface area contributed by atoms with E-state index in [-0.39, 0.29) is 5.91 Å². The highest BCUT2D eigenvalue weighted by Crippen LogP contribution is 2.21. The molecule has 0 N–H and O–H groups in total. The highest BCUT2D eigenvalue weighted by atomic mass is 16.2. The Balaban J connectivity index is 1.26. The Hall–Kier alpha value is -3.09. The maximum absolute atomic E-state index is 12.9. The number of anilines is 2. The van der Waals surface area contributed by atoms with Crippen LogP contribution in [-0.4, -0.2) is 64.4 Å². The minimum Gasteiger partial charge on any atom is -0.353 e. The third kappa shape index (κ3) is 3.17. The third-order valence-electron chi connectivity index (χ3n) is 5.66. The summed E-state index contributed by atoms with van der Waals surface area (Å²) in [5.74, 6) is 1.89. The predicted molar refractivity (Wildman–Crippen MR) is 109 cm³/mol. The average molecular weight is 376 g/mol. The molecule has 0 aliphatic carbocycles. The molecule has 0 atom stereocenters. The summed E-state index contributed by atoms with van der Waals surface area (Å²) in [5, 5.41) is 0. The van der Waals surface area contributed by atoms with Gasteiger partial charge in [-0.3, -0.25) is 4.79 Å². The lowest BCUT2D eigenvalue weighted by molar-refractivity contribution is 0.0746. The highest BCUT2D eigenvalue weighted by molar-refractivity contribution is 5.95. The molecule has 2 fully saturated rings. The van der Waals surface area contributed by atoms with Crippen LogP contribution in [0.25, 0.3) is 5.52 Å². The number of nitrogens with zero attached hydrogens (tertiary/aromatic N) is 6. The summed E-state index contributed by atoms with van der Waals surface area (Å²) < 4.78 is 1.99. The molecule has 3 aromatic heterocycles. The van der Waals surface area contributed by atoms with Gasteiger partial charge < -0.3 is 19.1 Å². The summed E-state index contributed by atoms with van der Waals surface area (Å²) in [6.07, 6.45) is 8.15. The molecule has 2 aliphatic rings. The Labute approximate surface area is 164 Å². The summed E-state index contributed by atoms with van der Waals surface area (Å²) in [5.41, 5.74) is 1.79. The molecule has 0 spiro atoms. The summed E-state index contributed by atoms with van der Waals surface area (Å²) in [7, 11) is 0. The Bertz CT molecular complexity index is 952. The molecule has 28 heavy (non-hydrogen) atoms. The van der Waals surface area contributed by atoms with E-state index in [4.69, 9.17) is 4.98 Å². The first-order valence-electron chi connectivity index (χ1n) is 9.97. The number of fused-ring (bicyclic) bond motifs is 1. The van der Waals surface area contributed by atoms with Gasteiger partial charge >= 0.3 is 0 Å². The average Bonchev–Trinajstić information content (AvgIpc) is 3.43. The molecule has 0 unspecified atom stereocenters. The number of pyridine rings is 1. The van der Waals surface area contributed by atoms with Gasteiger partial charge in [0.05, 0.1) is 5.56 Å². The fraction of sp³-hybridized carbons (Fsp3) is 0.381. The molecule has 7 nitrogen and oxygen atoms in total. The van der Waals surface area contributed by atoms with Crippen LogP contribution in [0.5, 0.6) is 0 Å².